The summed E-state index contributed by atoms with van der Waals surface area (Å²) in [7, 11) is 1.44. The molecule has 1 heterocycles. The first kappa shape index (κ1) is 21.3. The SMILES string of the molecule is COc1cc(O)c(CC=C(C)C)c(O)c1/C=C/C(=O)c1ccncc1.Cl. The predicted molar refractivity (Wildman–Crippen MR) is 104 cm³/mol. The Labute approximate surface area is 159 Å². The van der Waals surface area contributed by atoms with Crippen LogP contribution in [0.4, 0.5) is 0 Å². The number of hydrogen-bond donors (Lipinski definition) is 2. The fourth-order valence-electron chi connectivity index (χ4n) is 2.30. The number of pyridine rings is 1. The molecule has 0 amide bonds. The van der Waals surface area contributed by atoms with Crippen LogP contribution in [0.2, 0.25) is 0 Å². The molecule has 0 saturated heterocycles. The summed E-state index contributed by atoms with van der Waals surface area (Å²) in [6.07, 6.45) is 8.20. The number of phenols is 2. The molecule has 0 unspecified atom stereocenters. The van der Waals surface area contributed by atoms with Crippen molar-refractivity contribution in [3.63, 3.8) is 0 Å². The molecule has 0 aliphatic carbocycles. The van der Waals surface area contributed by atoms with Crippen LogP contribution in [-0.4, -0.2) is 28.1 Å². The van der Waals surface area contributed by atoms with Crippen LogP contribution >= 0.6 is 12.4 Å². The number of halogens is 1. The third-order valence-corrected chi connectivity index (χ3v) is 3.68. The fraction of sp³-hybridized carbons (Fsp3) is 0.200. The van der Waals surface area contributed by atoms with Gasteiger partial charge in [-0.2, -0.15) is 0 Å². The largest absolute Gasteiger partial charge is 0.507 e. The van der Waals surface area contributed by atoms with E-state index in [1.807, 2.05) is 19.9 Å². The zero-order valence-corrected chi connectivity index (χ0v) is 15.7. The molecule has 1 aromatic heterocycles. The number of allylic oxidation sites excluding steroid dienone is 3. The number of ketones is 1. The van der Waals surface area contributed by atoms with Crippen LogP contribution in [0.1, 0.15) is 35.3 Å². The highest BCUT2D eigenvalue weighted by molar-refractivity contribution is 6.07. The van der Waals surface area contributed by atoms with Gasteiger partial charge >= 0.3 is 0 Å². The molecule has 0 aliphatic rings. The second-order valence-corrected chi connectivity index (χ2v) is 5.76. The normalized spacial score (nSPS) is 10.3. The van der Waals surface area contributed by atoms with Crippen molar-refractivity contribution < 1.29 is 19.7 Å². The van der Waals surface area contributed by atoms with Gasteiger partial charge in [0.1, 0.15) is 17.2 Å². The molecule has 1 aromatic carbocycles. The maximum Gasteiger partial charge on any atom is 0.185 e. The fourth-order valence-corrected chi connectivity index (χ4v) is 2.30. The number of aromatic nitrogens is 1. The highest BCUT2D eigenvalue weighted by Gasteiger charge is 2.16. The molecule has 0 spiro atoms. The van der Waals surface area contributed by atoms with Crippen LogP contribution in [0, 0.1) is 0 Å². The molecule has 2 rings (SSSR count). The Bertz CT molecular complexity index is 825. The third kappa shape index (κ3) is 5.10. The van der Waals surface area contributed by atoms with Gasteiger partial charge in [0.05, 0.1) is 12.7 Å². The van der Waals surface area contributed by atoms with Crippen molar-refractivity contribution in [3.8, 4) is 17.2 Å². The molecule has 2 aromatic rings. The van der Waals surface area contributed by atoms with E-state index in [2.05, 4.69) is 4.98 Å². The molecule has 6 heteroatoms. The molecule has 138 valence electrons. The Morgan fingerprint density at radius 3 is 2.46 bits per heavy atom. The first-order valence-electron chi connectivity index (χ1n) is 7.81. The topological polar surface area (TPSA) is 79.6 Å². The van der Waals surface area contributed by atoms with Crippen LogP contribution in [-0.2, 0) is 6.42 Å². The number of hydrogen-bond acceptors (Lipinski definition) is 5. The number of methoxy groups -OCH3 is 1. The van der Waals surface area contributed by atoms with Gasteiger partial charge < -0.3 is 14.9 Å². The highest BCUT2D eigenvalue weighted by Crippen LogP contribution is 2.39. The lowest BCUT2D eigenvalue weighted by molar-refractivity contribution is 0.104. The molecule has 2 N–H and O–H groups in total. The summed E-state index contributed by atoms with van der Waals surface area (Å²) in [6.45, 7) is 3.87. The smallest absolute Gasteiger partial charge is 0.185 e. The van der Waals surface area contributed by atoms with Gasteiger partial charge in [-0.3, -0.25) is 9.78 Å². The summed E-state index contributed by atoms with van der Waals surface area (Å²) >= 11 is 0. The maximum absolute atomic E-state index is 12.2. The second kappa shape index (κ2) is 9.63. The van der Waals surface area contributed by atoms with Crippen LogP contribution in [0.3, 0.4) is 0 Å². The van der Waals surface area contributed by atoms with Crippen molar-refractivity contribution in [2.45, 2.75) is 20.3 Å². The number of ether oxygens (including phenoxy) is 1. The molecular formula is C20H22ClNO4. The summed E-state index contributed by atoms with van der Waals surface area (Å²) < 4.78 is 5.22. The van der Waals surface area contributed by atoms with Crippen molar-refractivity contribution in [1.82, 2.24) is 4.98 Å². The van der Waals surface area contributed by atoms with E-state index in [-0.39, 0.29) is 35.4 Å². The highest BCUT2D eigenvalue weighted by atomic mass is 35.5. The van der Waals surface area contributed by atoms with E-state index in [1.165, 1.54) is 37.7 Å². The number of benzene rings is 1. The van der Waals surface area contributed by atoms with E-state index in [9.17, 15) is 15.0 Å². The summed E-state index contributed by atoms with van der Waals surface area (Å²) in [4.78, 5) is 16.1. The van der Waals surface area contributed by atoms with Crippen LogP contribution in [0.25, 0.3) is 6.08 Å². The standard InChI is InChI=1S/C20H21NO4.ClH/c1-13(2)4-5-15-18(23)12-19(25-3)16(20(15)24)6-7-17(22)14-8-10-21-11-9-14;/h4,6-12,23-24H,5H2,1-3H3;1H/b7-6+;. The monoisotopic (exact) mass is 375 g/mol. The number of aromatic hydroxyl groups is 2. The zero-order chi connectivity index (χ0) is 18.4. The number of rotatable bonds is 6. The van der Waals surface area contributed by atoms with Crippen molar-refractivity contribution in [2.75, 3.05) is 7.11 Å². The van der Waals surface area contributed by atoms with Gasteiger partial charge in [-0.1, -0.05) is 11.6 Å². The summed E-state index contributed by atoms with van der Waals surface area (Å²) in [5, 5.41) is 20.7. The quantitative estimate of drug-likeness (QED) is 0.446. The number of phenolic OH excluding ortho intramolecular Hbond substituents is 2. The van der Waals surface area contributed by atoms with E-state index in [0.29, 0.717) is 23.1 Å². The number of nitrogens with zero attached hydrogens (tertiary/aromatic N) is 1. The van der Waals surface area contributed by atoms with Crippen LogP contribution in [0.5, 0.6) is 17.2 Å². The summed E-state index contributed by atoms with van der Waals surface area (Å²) in [5.41, 5.74) is 2.30. The van der Waals surface area contributed by atoms with Crippen LogP contribution < -0.4 is 4.74 Å². The Balaban J connectivity index is 0.00000338. The molecule has 0 bridgehead atoms. The van der Waals surface area contributed by atoms with Gasteiger partial charge in [-0.15, -0.1) is 12.4 Å². The van der Waals surface area contributed by atoms with Crippen molar-refractivity contribution in [3.05, 3.63) is 65.0 Å². The molecule has 0 radical (unpaired) electrons. The molecule has 0 saturated carbocycles. The first-order valence-corrected chi connectivity index (χ1v) is 7.81. The number of carbonyl (C=O) groups excluding carboxylic acids is 1. The van der Waals surface area contributed by atoms with E-state index >= 15 is 0 Å². The Morgan fingerprint density at radius 1 is 1.23 bits per heavy atom. The van der Waals surface area contributed by atoms with E-state index < -0.39 is 0 Å². The minimum Gasteiger partial charge on any atom is -0.507 e. The molecule has 26 heavy (non-hydrogen) atoms. The summed E-state index contributed by atoms with van der Waals surface area (Å²) in [5.74, 6) is -0.0879. The zero-order valence-electron chi connectivity index (χ0n) is 14.9. The molecule has 0 aliphatic heterocycles. The molecule has 0 fully saturated rings. The number of carbonyl (C=O) groups is 1. The Morgan fingerprint density at radius 2 is 1.88 bits per heavy atom. The lowest BCUT2D eigenvalue weighted by Crippen LogP contribution is -1.96. The lowest BCUT2D eigenvalue weighted by Gasteiger charge is -2.13. The summed E-state index contributed by atoms with van der Waals surface area (Å²) in [6, 6.07) is 4.66. The average Bonchev–Trinajstić information content (AvgIpc) is 2.60. The minimum absolute atomic E-state index is 0. The first-order chi connectivity index (χ1) is 11.9. The van der Waals surface area contributed by atoms with Gasteiger partial charge in [0.15, 0.2) is 5.78 Å². The van der Waals surface area contributed by atoms with Gasteiger partial charge in [0.25, 0.3) is 0 Å². The Hall–Kier alpha value is -2.79. The van der Waals surface area contributed by atoms with Crippen molar-refractivity contribution >= 4 is 24.3 Å². The second-order valence-electron chi connectivity index (χ2n) is 5.76. The van der Waals surface area contributed by atoms with Gasteiger partial charge in [-0.25, -0.2) is 0 Å². The average molecular weight is 376 g/mol. The molecule has 0 atom stereocenters. The van der Waals surface area contributed by atoms with E-state index in [1.54, 1.807) is 12.1 Å². The van der Waals surface area contributed by atoms with Gasteiger partial charge in [-0.05, 0) is 44.6 Å². The maximum atomic E-state index is 12.2. The molecular weight excluding hydrogens is 354 g/mol. The van der Waals surface area contributed by atoms with Crippen LogP contribution in [0.15, 0.2) is 48.3 Å². The Kier molecular flexibility index (Phi) is 7.87. The van der Waals surface area contributed by atoms with E-state index in [4.69, 9.17) is 4.74 Å². The van der Waals surface area contributed by atoms with Crippen molar-refractivity contribution in [2.24, 2.45) is 0 Å². The molecule has 5 nitrogen and oxygen atoms in total. The van der Waals surface area contributed by atoms with E-state index in [0.717, 1.165) is 5.57 Å². The minimum atomic E-state index is -0.220. The lowest BCUT2D eigenvalue weighted by atomic mass is 10.0. The van der Waals surface area contributed by atoms with Crippen molar-refractivity contribution in [1.29, 1.82) is 0 Å². The van der Waals surface area contributed by atoms with Gasteiger partial charge in [0.2, 0.25) is 0 Å². The van der Waals surface area contributed by atoms with Gasteiger partial charge in [0, 0.05) is 29.6 Å². The third-order valence-electron chi connectivity index (χ3n) is 3.68. The predicted octanol–water partition coefficient (Wildman–Crippen LogP) is 4.33.